The number of pyridine rings is 1. The van der Waals surface area contributed by atoms with Crippen molar-refractivity contribution in [3.05, 3.63) is 47.3 Å². The summed E-state index contributed by atoms with van der Waals surface area (Å²) < 4.78 is 11.2. The number of carbonyl (C=O) groups excluding carboxylic acids is 2. The Bertz CT molecular complexity index is 1150. The Hall–Kier alpha value is -3.10. The molecule has 0 radical (unpaired) electrons. The van der Waals surface area contributed by atoms with Gasteiger partial charge in [-0.3, -0.25) is 9.59 Å². The maximum Gasteiger partial charge on any atom is 0.294 e. The molecular weight excluding hydrogens is 444 g/mol. The van der Waals surface area contributed by atoms with E-state index in [1.165, 1.54) is 6.20 Å². The third-order valence-corrected chi connectivity index (χ3v) is 6.34. The number of rotatable bonds is 6. The molecule has 174 valence electrons. The summed E-state index contributed by atoms with van der Waals surface area (Å²) in [7, 11) is 5.69. The molecule has 2 amide bonds. The Morgan fingerprint density at radius 2 is 1.88 bits per heavy atom. The molecule has 0 spiro atoms. The highest BCUT2D eigenvalue weighted by atomic mass is 35.5. The molecule has 0 bridgehead atoms. The number of amides is 2. The van der Waals surface area contributed by atoms with Crippen LogP contribution in [0.3, 0.4) is 0 Å². The summed E-state index contributed by atoms with van der Waals surface area (Å²) >= 11 is 5.87. The molecule has 9 heteroatoms. The zero-order valence-electron chi connectivity index (χ0n) is 18.9. The number of carbonyl (C=O) groups is 2. The first-order valence-electron chi connectivity index (χ1n) is 10.9. The van der Waals surface area contributed by atoms with Gasteiger partial charge in [-0.15, -0.1) is 0 Å². The Kier molecular flexibility index (Phi) is 6.85. The normalized spacial score (nSPS) is 18.3. The number of hydrogen-bond acceptors (Lipinski definition) is 6. The molecule has 1 aromatic carbocycles. The second kappa shape index (κ2) is 9.80. The van der Waals surface area contributed by atoms with Gasteiger partial charge in [-0.2, -0.15) is 0 Å². The maximum absolute atomic E-state index is 13.2. The van der Waals surface area contributed by atoms with E-state index in [-0.39, 0.29) is 17.6 Å². The topological polar surface area (TPSA) is 96.7 Å². The molecule has 0 saturated heterocycles. The first-order chi connectivity index (χ1) is 15.9. The molecule has 0 unspecified atom stereocenters. The number of nitrogens with zero attached hydrogens (tertiary/aromatic N) is 2. The largest absolute Gasteiger partial charge is 0.497 e. The lowest BCUT2D eigenvalue weighted by atomic mass is 9.85. The minimum atomic E-state index is -0.522. The number of halogens is 1. The third-order valence-electron chi connectivity index (χ3n) is 6.12. The van der Waals surface area contributed by atoms with Crippen LogP contribution in [-0.4, -0.2) is 48.9 Å². The van der Waals surface area contributed by atoms with Gasteiger partial charge < -0.3 is 24.7 Å². The third kappa shape index (κ3) is 5.12. The van der Waals surface area contributed by atoms with Gasteiger partial charge in [0.15, 0.2) is 0 Å². The van der Waals surface area contributed by atoms with Crippen molar-refractivity contribution >= 4 is 45.9 Å². The van der Waals surface area contributed by atoms with Crippen LogP contribution in [0.1, 0.15) is 36.2 Å². The molecule has 33 heavy (non-hydrogen) atoms. The van der Waals surface area contributed by atoms with Crippen LogP contribution in [0.2, 0.25) is 5.02 Å². The number of anilines is 2. The molecule has 2 heterocycles. The summed E-state index contributed by atoms with van der Waals surface area (Å²) in [5, 5.41) is 6.72. The lowest BCUT2D eigenvalue weighted by Crippen LogP contribution is -2.35. The number of benzene rings is 1. The van der Waals surface area contributed by atoms with Crippen molar-refractivity contribution in [1.29, 1.82) is 0 Å². The second-order valence-electron chi connectivity index (χ2n) is 8.44. The number of methoxy groups -OCH3 is 1. The lowest BCUT2D eigenvalue weighted by molar-refractivity contribution is -0.121. The van der Waals surface area contributed by atoms with Crippen LogP contribution < -0.4 is 15.4 Å². The molecule has 2 aromatic heterocycles. The van der Waals surface area contributed by atoms with Crippen molar-refractivity contribution in [2.24, 2.45) is 5.92 Å². The van der Waals surface area contributed by atoms with E-state index < -0.39 is 5.91 Å². The van der Waals surface area contributed by atoms with Crippen LogP contribution in [0.25, 0.3) is 11.0 Å². The quantitative estimate of drug-likeness (QED) is 0.537. The molecule has 1 fully saturated rings. The summed E-state index contributed by atoms with van der Waals surface area (Å²) in [5.74, 6) is 0.164. The second-order valence-corrected chi connectivity index (χ2v) is 8.88. The average molecular weight is 471 g/mol. The van der Waals surface area contributed by atoms with E-state index in [0.717, 1.165) is 25.7 Å². The van der Waals surface area contributed by atoms with Gasteiger partial charge in [0.25, 0.3) is 5.91 Å². The van der Waals surface area contributed by atoms with E-state index in [1.807, 2.05) is 0 Å². The van der Waals surface area contributed by atoms with E-state index in [2.05, 4.69) is 34.6 Å². The van der Waals surface area contributed by atoms with Crippen LogP contribution in [-0.2, 0) is 4.79 Å². The van der Waals surface area contributed by atoms with Gasteiger partial charge in [0.05, 0.1) is 12.1 Å². The van der Waals surface area contributed by atoms with Gasteiger partial charge in [-0.05, 0) is 70.1 Å². The van der Waals surface area contributed by atoms with E-state index in [1.54, 1.807) is 37.4 Å². The van der Waals surface area contributed by atoms with Crippen LogP contribution in [0.4, 0.5) is 11.5 Å². The number of hydrogen-bond donors (Lipinski definition) is 2. The number of ether oxygens (including phenoxy) is 1. The van der Waals surface area contributed by atoms with Crippen molar-refractivity contribution < 1.29 is 18.7 Å². The number of furan rings is 1. The predicted molar refractivity (Wildman–Crippen MR) is 128 cm³/mol. The fraction of sp³-hybridized carbons (Fsp3) is 0.375. The summed E-state index contributed by atoms with van der Waals surface area (Å²) in [6, 6.07) is 8.90. The number of fused-ring (bicyclic) bond motifs is 1. The van der Waals surface area contributed by atoms with Gasteiger partial charge in [0, 0.05) is 23.5 Å². The lowest BCUT2D eigenvalue weighted by Gasteiger charge is -2.31. The van der Waals surface area contributed by atoms with Crippen molar-refractivity contribution in [3.8, 4) is 5.75 Å². The van der Waals surface area contributed by atoms with Gasteiger partial charge in [-0.1, -0.05) is 11.6 Å². The van der Waals surface area contributed by atoms with Crippen LogP contribution in [0.15, 0.2) is 40.9 Å². The minimum Gasteiger partial charge on any atom is -0.497 e. The van der Waals surface area contributed by atoms with Crippen molar-refractivity contribution in [2.45, 2.75) is 31.7 Å². The molecule has 8 nitrogen and oxygen atoms in total. The standard InChI is InChI=1S/C24H27ClN4O4/c1-29(2)16-7-4-14(5-8-16)23(30)28-21-18-12-17(32-3)9-10-19(18)33-22(21)24(31)27-20-11-6-15(25)13-26-20/h6,9-14,16H,4-5,7-8H2,1-3H3,(H,28,30)(H,26,27,31)/t14-,16-. The van der Waals surface area contributed by atoms with Gasteiger partial charge in [0.1, 0.15) is 22.8 Å². The summed E-state index contributed by atoms with van der Waals surface area (Å²) in [6.07, 6.45) is 4.95. The molecule has 1 aliphatic rings. The number of nitrogens with one attached hydrogen (secondary N) is 2. The Labute approximate surface area is 197 Å². The SMILES string of the molecule is COc1ccc2oc(C(=O)Nc3ccc(Cl)cn3)c(NC(=O)[C@H]3CC[C@H](N(C)C)CC3)c2c1. The van der Waals surface area contributed by atoms with Crippen LogP contribution >= 0.6 is 11.6 Å². The molecule has 0 atom stereocenters. The summed E-state index contributed by atoms with van der Waals surface area (Å²) in [6.45, 7) is 0. The fourth-order valence-electron chi connectivity index (χ4n) is 4.19. The Morgan fingerprint density at radius 1 is 1.12 bits per heavy atom. The zero-order valence-corrected chi connectivity index (χ0v) is 19.6. The highest BCUT2D eigenvalue weighted by Gasteiger charge is 2.30. The van der Waals surface area contributed by atoms with E-state index in [9.17, 15) is 9.59 Å². The van der Waals surface area contributed by atoms with Gasteiger partial charge >= 0.3 is 0 Å². The highest BCUT2D eigenvalue weighted by molar-refractivity contribution is 6.30. The molecule has 3 aromatic rings. The first kappa shape index (κ1) is 23.1. The molecule has 1 aliphatic carbocycles. The van der Waals surface area contributed by atoms with Gasteiger partial charge in [0.2, 0.25) is 11.7 Å². The van der Waals surface area contributed by atoms with Gasteiger partial charge in [-0.25, -0.2) is 4.98 Å². The van der Waals surface area contributed by atoms with E-state index >= 15 is 0 Å². The monoisotopic (exact) mass is 470 g/mol. The minimum absolute atomic E-state index is 0.00494. The van der Waals surface area contributed by atoms with E-state index in [4.69, 9.17) is 20.8 Å². The van der Waals surface area contributed by atoms with Crippen molar-refractivity contribution in [3.63, 3.8) is 0 Å². The predicted octanol–water partition coefficient (Wildman–Crippen LogP) is 4.80. The average Bonchev–Trinajstić information content (AvgIpc) is 3.18. The summed E-state index contributed by atoms with van der Waals surface area (Å²) in [4.78, 5) is 32.5. The van der Waals surface area contributed by atoms with Crippen molar-refractivity contribution in [1.82, 2.24) is 9.88 Å². The number of aromatic nitrogens is 1. The van der Waals surface area contributed by atoms with E-state index in [0.29, 0.717) is 39.3 Å². The fourth-order valence-corrected chi connectivity index (χ4v) is 4.30. The molecule has 4 rings (SSSR count). The smallest absolute Gasteiger partial charge is 0.294 e. The molecule has 2 N–H and O–H groups in total. The van der Waals surface area contributed by atoms with Crippen molar-refractivity contribution in [2.75, 3.05) is 31.8 Å². The zero-order chi connectivity index (χ0) is 23.5. The molecular formula is C24H27ClN4O4. The van der Waals surface area contributed by atoms with Crippen LogP contribution in [0.5, 0.6) is 5.75 Å². The van der Waals surface area contributed by atoms with Crippen LogP contribution in [0, 0.1) is 5.92 Å². The molecule has 1 saturated carbocycles. The first-order valence-corrected chi connectivity index (χ1v) is 11.2. The Balaban J connectivity index is 1.61. The highest BCUT2D eigenvalue weighted by Crippen LogP contribution is 2.35. The Morgan fingerprint density at radius 3 is 2.52 bits per heavy atom. The summed E-state index contributed by atoms with van der Waals surface area (Å²) in [5.41, 5.74) is 0.798. The maximum atomic E-state index is 13.2. The molecule has 0 aliphatic heterocycles.